The molecule has 3 aliphatic rings. The molecule has 0 heterocycles. The second-order valence-electron chi connectivity index (χ2n) is 6.11. The highest BCUT2D eigenvalue weighted by Gasteiger charge is 2.34. The molecule has 0 unspecified atom stereocenters. The average molecular weight is 224 g/mol. The Morgan fingerprint density at radius 2 is 1.76 bits per heavy atom. The van der Waals surface area contributed by atoms with Crippen molar-refractivity contribution in [2.45, 2.75) is 39.0 Å². The fourth-order valence-corrected chi connectivity index (χ4v) is 3.54. The van der Waals surface area contributed by atoms with E-state index in [0.29, 0.717) is 11.8 Å². The van der Waals surface area contributed by atoms with E-state index in [1.165, 1.54) is 17.6 Å². The van der Waals surface area contributed by atoms with Crippen LogP contribution in [0.15, 0.2) is 48.1 Å². The smallest absolute Gasteiger partial charge is 0.0107 e. The lowest BCUT2D eigenvalue weighted by molar-refractivity contribution is 0.407. The van der Waals surface area contributed by atoms with Crippen molar-refractivity contribution in [2.75, 3.05) is 0 Å². The van der Waals surface area contributed by atoms with Gasteiger partial charge in [0, 0.05) is 11.8 Å². The molecule has 0 saturated carbocycles. The summed E-state index contributed by atoms with van der Waals surface area (Å²) in [5.41, 5.74) is 4.83. The van der Waals surface area contributed by atoms with Gasteiger partial charge in [-0.3, -0.25) is 0 Å². The van der Waals surface area contributed by atoms with Crippen LogP contribution in [-0.2, 0) is 0 Å². The van der Waals surface area contributed by atoms with Gasteiger partial charge in [0.25, 0.3) is 0 Å². The fraction of sp³-hybridized carbons (Fsp3) is 0.412. The first-order valence-electron chi connectivity index (χ1n) is 6.53. The van der Waals surface area contributed by atoms with Crippen molar-refractivity contribution in [3.8, 4) is 0 Å². The first-order valence-corrected chi connectivity index (χ1v) is 6.53. The molecule has 1 aromatic carbocycles. The van der Waals surface area contributed by atoms with E-state index in [0.717, 1.165) is 0 Å². The monoisotopic (exact) mass is 224 g/mol. The largest absolute Gasteiger partial charge is 0.0800 e. The lowest BCUT2D eigenvalue weighted by atomic mass is 9.65. The SMILES string of the molecule is C/C1=C/C(C)(C)[C@H]2C=C[C@@H](C1)c1ccccc12. The summed E-state index contributed by atoms with van der Waals surface area (Å²) in [6.07, 6.45) is 8.49. The van der Waals surface area contributed by atoms with Gasteiger partial charge in [0.2, 0.25) is 0 Å². The lowest BCUT2D eigenvalue weighted by Gasteiger charge is -2.39. The minimum atomic E-state index is 0.224. The molecule has 0 saturated heterocycles. The van der Waals surface area contributed by atoms with Crippen LogP contribution >= 0.6 is 0 Å². The predicted molar refractivity (Wildman–Crippen MR) is 73.2 cm³/mol. The first kappa shape index (κ1) is 10.8. The number of hydrogen-bond donors (Lipinski definition) is 0. The van der Waals surface area contributed by atoms with Crippen molar-refractivity contribution in [1.82, 2.24) is 0 Å². The van der Waals surface area contributed by atoms with Crippen molar-refractivity contribution in [1.29, 1.82) is 0 Å². The van der Waals surface area contributed by atoms with Crippen LogP contribution in [0.3, 0.4) is 0 Å². The number of hydrogen-bond acceptors (Lipinski definition) is 0. The van der Waals surface area contributed by atoms with E-state index in [4.69, 9.17) is 0 Å². The van der Waals surface area contributed by atoms with Gasteiger partial charge in [0.15, 0.2) is 0 Å². The fourth-order valence-electron chi connectivity index (χ4n) is 3.54. The summed E-state index contributed by atoms with van der Waals surface area (Å²) in [5, 5.41) is 0. The second kappa shape index (κ2) is 3.60. The van der Waals surface area contributed by atoms with Crippen LogP contribution in [-0.4, -0.2) is 0 Å². The van der Waals surface area contributed by atoms with Gasteiger partial charge in [-0.2, -0.15) is 0 Å². The third kappa shape index (κ3) is 1.67. The summed E-state index contributed by atoms with van der Waals surface area (Å²) in [6.45, 7) is 6.99. The zero-order valence-electron chi connectivity index (χ0n) is 10.9. The van der Waals surface area contributed by atoms with Crippen LogP contribution in [0.25, 0.3) is 0 Å². The summed E-state index contributed by atoms with van der Waals surface area (Å²) in [7, 11) is 0. The summed E-state index contributed by atoms with van der Waals surface area (Å²) in [5.74, 6) is 1.12. The highest BCUT2D eigenvalue weighted by molar-refractivity contribution is 5.45. The van der Waals surface area contributed by atoms with Crippen LogP contribution in [0.5, 0.6) is 0 Å². The van der Waals surface area contributed by atoms with Gasteiger partial charge in [-0.1, -0.05) is 61.9 Å². The summed E-state index contributed by atoms with van der Waals surface area (Å²) in [4.78, 5) is 0. The lowest BCUT2D eigenvalue weighted by Crippen LogP contribution is -2.25. The van der Waals surface area contributed by atoms with E-state index in [-0.39, 0.29) is 5.41 Å². The molecule has 0 radical (unpaired) electrons. The Hall–Kier alpha value is -1.30. The Kier molecular flexibility index (Phi) is 2.29. The summed E-state index contributed by atoms with van der Waals surface area (Å²) < 4.78 is 0. The van der Waals surface area contributed by atoms with E-state index in [9.17, 15) is 0 Å². The molecule has 2 bridgehead atoms. The van der Waals surface area contributed by atoms with Crippen molar-refractivity contribution < 1.29 is 0 Å². The molecule has 4 rings (SSSR count). The molecule has 0 aromatic heterocycles. The van der Waals surface area contributed by atoms with Crippen LogP contribution < -0.4 is 0 Å². The Bertz CT molecular complexity index is 503. The minimum Gasteiger partial charge on any atom is -0.0800 e. The van der Waals surface area contributed by atoms with Gasteiger partial charge in [0.05, 0.1) is 0 Å². The Balaban J connectivity index is 2.22. The zero-order valence-corrected chi connectivity index (χ0v) is 10.9. The molecule has 0 nitrogen and oxygen atoms in total. The Morgan fingerprint density at radius 1 is 1.06 bits per heavy atom. The van der Waals surface area contributed by atoms with Gasteiger partial charge < -0.3 is 0 Å². The maximum Gasteiger partial charge on any atom is 0.0107 e. The van der Waals surface area contributed by atoms with Crippen molar-refractivity contribution in [3.05, 3.63) is 59.2 Å². The van der Waals surface area contributed by atoms with E-state index in [2.05, 4.69) is 63.3 Å². The highest BCUT2D eigenvalue weighted by atomic mass is 14.4. The molecule has 0 N–H and O–H groups in total. The van der Waals surface area contributed by atoms with E-state index < -0.39 is 0 Å². The molecule has 0 spiro atoms. The number of benzene rings is 1. The highest BCUT2D eigenvalue weighted by Crippen LogP contribution is 2.48. The topological polar surface area (TPSA) is 0 Å². The first-order chi connectivity index (χ1) is 8.08. The van der Waals surface area contributed by atoms with Gasteiger partial charge in [-0.05, 0) is 29.9 Å². The molecule has 3 aliphatic carbocycles. The standard InChI is InChI=1S/C17H20/c1-12-10-13-8-9-16(17(2,3)11-12)15-7-5-4-6-14(13)15/h4-9,11,13,16H,10H2,1-3H3/b12-11-/t13-,16-/m0/s1. The molecule has 0 fully saturated rings. The van der Waals surface area contributed by atoms with E-state index in [1.54, 1.807) is 5.56 Å². The molecule has 88 valence electrons. The Morgan fingerprint density at radius 3 is 2.53 bits per heavy atom. The molecular weight excluding hydrogens is 204 g/mol. The van der Waals surface area contributed by atoms with Crippen LogP contribution in [0.2, 0.25) is 0 Å². The molecule has 17 heavy (non-hydrogen) atoms. The molecule has 2 atom stereocenters. The zero-order chi connectivity index (χ0) is 12.0. The molecule has 0 heteroatoms. The summed E-state index contributed by atoms with van der Waals surface area (Å²) >= 11 is 0. The second-order valence-corrected chi connectivity index (χ2v) is 6.11. The predicted octanol–water partition coefficient (Wildman–Crippen LogP) is 4.80. The normalized spacial score (nSPS) is 32.3. The third-order valence-corrected chi connectivity index (χ3v) is 4.23. The number of fused-ring (bicyclic) bond motifs is 2. The van der Waals surface area contributed by atoms with Crippen LogP contribution in [0.4, 0.5) is 0 Å². The van der Waals surface area contributed by atoms with Crippen molar-refractivity contribution in [3.63, 3.8) is 0 Å². The van der Waals surface area contributed by atoms with Gasteiger partial charge in [-0.15, -0.1) is 0 Å². The number of rotatable bonds is 0. The quantitative estimate of drug-likeness (QED) is 0.555. The minimum absolute atomic E-state index is 0.224. The van der Waals surface area contributed by atoms with Crippen LogP contribution in [0, 0.1) is 5.41 Å². The van der Waals surface area contributed by atoms with Gasteiger partial charge >= 0.3 is 0 Å². The van der Waals surface area contributed by atoms with Gasteiger partial charge in [-0.25, -0.2) is 0 Å². The van der Waals surface area contributed by atoms with Crippen LogP contribution in [0.1, 0.15) is 50.2 Å². The van der Waals surface area contributed by atoms with E-state index in [1.807, 2.05) is 0 Å². The molecule has 0 aliphatic heterocycles. The summed E-state index contributed by atoms with van der Waals surface area (Å²) in [6, 6.07) is 8.98. The maximum atomic E-state index is 2.48. The average Bonchev–Trinajstić information content (AvgIpc) is 2.26. The van der Waals surface area contributed by atoms with Crippen molar-refractivity contribution >= 4 is 0 Å². The molecular formula is C17H20. The van der Waals surface area contributed by atoms with Crippen molar-refractivity contribution in [2.24, 2.45) is 5.41 Å². The molecule has 0 amide bonds. The van der Waals surface area contributed by atoms with E-state index >= 15 is 0 Å². The maximum absolute atomic E-state index is 2.48. The Labute approximate surface area is 104 Å². The number of allylic oxidation sites excluding steroid dienone is 4. The van der Waals surface area contributed by atoms with Gasteiger partial charge in [0.1, 0.15) is 0 Å². The molecule has 1 aromatic rings. The third-order valence-electron chi connectivity index (χ3n) is 4.23.